The number of hydrogen-bond donors (Lipinski definition) is 1. The summed E-state index contributed by atoms with van der Waals surface area (Å²) in [6, 6.07) is 10.2. The highest BCUT2D eigenvalue weighted by atomic mass is 16.3. The Kier molecular flexibility index (Phi) is 4.83. The maximum Gasteiger partial charge on any atom is 0.275 e. The molecule has 1 aromatic carbocycles. The van der Waals surface area contributed by atoms with Gasteiger partial charge in [0.15, 0.2) is 5.69 Å². The van der Waals surface area contributed by atoms with Crippen LogP contribution in [0.4, 0.5) is 0 Å². The van der Waals surface area contributed by atoms with Gasteiger partial charge in [-0.1, -0.05) is 18.2 Å². The molecule has 2 aromatic heterocycles. The van der Waals surface area contributed by atoms with Crippen molar-refractivity contribution in [3.63, 3.8) is 0 Å². The predicted octanol–water partition coefficient (Wildman–Crippen LogP) is 0.915. The normalized spacial score (nSPS) is 10.7. The molecule has 0 aliphatic carbocycles. The van der Waals surface area contributed by atoms with Crippen molar-refractivity contribution in [3.05, 3.63) is 64.5 Å². The van der Waals surface area contributed by atoms with Crippen LogP contribution in [0, 0.1) is 0 Å². The summed E-state index contributed by atoms with van der Waals surface area (Å²) in [5, 5.41) is 7.63. The minimum atomic E-state index is -0.440. The van der Waals surface area contributed by atoms with Crippen LogP contribution in [0.25, 0.3) is 10.8 Å². The second-order valence-corrected chi connectivity index (χ2v) is 5.84. The van der Waals surface area contributed by atoms with Gasteiger partial charge in [0.05, 0.1) is 24.7 Å². The molecule has 0 spiro atoms. The third kappa shape index (κ3) is 3.49. The minimum absolute atomic E-state index is 0.129. The third-order valence-corrected chi connectivity index (χ3v) is 3.93. The molecule has 0 atom stereocenters. The molecule has 0 saturated heterocycles. The van der Waals surface area contributed by atoms with Gasteiger partial charge in [0.2, 0.25) is 5.91 Å². The van der Waals surface area contributed by atoms with Crippen molar-refractivity contribution in [3.8, 4) is 0 Å². The van der Waals surface area contributed by atoms with Crippen molar-refractivity contribution in [1.29, 1.82) is 0 Å². The SMILES string of the molecule is CN(CC(=O)NCc1ccco1)C(=O)c1nn(C)c(=O)c2ccccc12. The van der Waals surface area contributed by atoms with Crippen LogP contribution in [-0.4, -0.2) is 40.1 Å². The number of amides is 2. The first-order chi connectivity index (χ1) is 12.5. The molecular formula is C18H18N4O4. The van der Waals surface area contributed by atoms with Crippen LogP contribution in [0.5, 0.6) is 0 Å². The zero-order valence-corrected chi connectivity index (χ0v) is 14.4. The summed E-state index contributed by atoms with van der Waals surface area (Å²) in [6.07, 6.45) is 1.52. The zero-order chi connectivity index (χ0) is 18.7. The number of fused-ring (bicyclic) bond motifs is 1. The maximum atomic E-state index is 12.7. The van der Waals surface area contributed by atoms with E-state index < -0.39 is 5.91 Å². The minimum Gasteiger partial charge on any atom is -0.467 e. The maximum absolute atomic E-state index is 12.7. The number of carbonyl (C=O) groups excluding carboxylic acids is 2. The first kappa shape index (κ1) is 17.4. The summed E-state index contributed by atoms with van der Waals surface area (Å²) in [7, 11) is 3.00. The number of nitrogens with zero attached hydrogens (tertiary/aromatic N) is 3. The van der Waals surface area contributed by atoms with Gasteiger partial charge in [-0.05, 0) is 18.2 Å². The van der Waals surface area contributed by atoms with Crippen molar-refractivity contribution in [2.75, 3.05) is 13.6 Å². The van der Waals surface area contributed by atoms with Crippen LogP contribution in [0.1, 0.15) is 16.2 Å². The number of rotatable bonds is 5. The number of aromatic nitrogens is 2. The van der Waals surface area contributed by atoms with E-state index in [1.807, 2.05) is 0 Å². The van der Waals surface area contributed by atoms with Crippen LogP contribution in [0.2, 0.25) is 0 Å². The van der Waals surface area contributed by atoms with Gasteiger partial charge in [0.1, 0.15) is 5.76 Å². The van der Waals surface area contributed by atoms with Gasteiger partial charge in [-0.15, -0.1) is 0 Å². The molecule has 2 heterocycles. The summed E-state index contributed by atoms with van der Waals surface area (Å²) in [4.78, 5) is 38.2. The summed E-state index contributed by atoms with van der Waals surface area (Å²) >= 11 is 0. The summed E-state index contributed by atoms with van der Waals surface area (Å²) in [5.41, 5.74) is -0.153. The number of hydrogen-bond acceptors (Lipinski definition) is 5. The molecule has 134 valence electrons. The Hall–Kier alpha value is -3.42. The molecule has 0 aliphatic rings. The van der Waals surface area contributed by atoms with E-state index in [4.69, 9.17) is 4.42 Å². The Morgan fingerprint density at radius 3 is 2.62 bits per heavy atom. The molecule has 8 nitrogen and oxygen atoms in total. The lowest BCUT2D eigenvalue weighted by Crippen LogP contribution is -2.39. The summed E-state index contributed by atoms with van der Waals surface area (Å²) in [6.45, 7) is 0.104. The van der Waals surface area contributed by atoms with E-state index in [0.29, 0.717) is 16.5 Å². The van der Waals surface area contributed by atoms with Crippen molar-refractivity contribution < 1.29 is 14.0 Å². The van der Waals surface area contributed by atoms with E-state index in [0.717, 1.165) is 4.68 Å². The molecule has 8 heteroatoms. The third-order valence-electron chi connectivity index (χ3n) is 3.93. The highest BCUT2D eigenvalue weighted by Crippen LogP contribution is 2.14. The van der Waals surface area contributed by atoms with Gasteiger partial charge in [-0.25, -0.2) is 4.68 Å². The summed E-state index contributed by atoms with van der Waals surface area (Å²) < 4.78 is 6.27. The second kappa shape index (κ2) is 7.22. The molecule has 0 bridgehead atoms. The first-order valence-corrected chi connectivity index (χ1v) is 7.98. The van der Waals surface area contributed by atoms with Crippen molar-refractivity contribution >= 4 is 22.6 Å². The van der Waals surface area contributed by atoms with Crippen LogP contribution < -0.4 is 10.9 Å². The molecule has 0 aliphatic heterocycles. The first-order valence-electron chi connectivity index (χ1n) is 7.98. The topological polar surface area (TPSA) is 97.4 Å². The molecule has 26 heavy (non-hydrogen) atoms. The average Bonchev–Trinajstić information content (AvgIpc) is 3.16. The Balaban J connectivity index is 1.76. The quantitative estimate of drug-likeness (QED) is 0.735. The molecule has 0 fully saturated rings. The average molecular weight is 354 g/mol. The molecule has 0 unspecified atom stereocenters. The fourth-order valence-electron chi connectivity index (χ4n) is 2.58. The number of benzene rings is 1. The Bertz CT molecular complexity index is 1010. The predicted molar refractivity (Wildman–Crippen MR) is 94.5 cm³/mol. The number of nitrogens with one attached hydrogen (secondary N) is 1. The van der Waals surface area contributed by atoms with E-state index in [1.165, 1.54) is 25.3 Å². The molecule has 0 radical (unpaired) electrons. The Labute approximate surface area is 149 Å². The molecule has 1 N–H and O–H groups in total. The van der Waals surface area contributed by atoms with E-state index in [9.17, 15) is 14.4 Å². The fraction of sp³-hybridized carbons (Fsp3) is 0.222. The van der Waals surface area contributed by atoms with E-state index >= 15 is 0 Å². The van der Waals surface area contributed by atoms with Gasteiger partial charge in [0, 0.05) is 19.5 Å². The highest BCUT2D eigenvalue weighted by Gasteiger charge is 2.20. The number of likely N-dealkylation sites (N-methyl/N-ethyl adjacent to an activating group) is 1. The van der Waals surface area contributed by atoms with E-state index in [-0.39, 0.29) is 30.2 Å². The Morgan fingerprint density at radius 2 is 1.92 bits per heavy atom. The van der Waals surface area contributed by atoms with Crippen LogP contribution in [0.15, 0.2) is 51.9 Å². The lowest BCUT2D eigenvalue weighted by Gasteiger charge is -2.17. The lowest BCUT2D eigenvalue weighted by atomic mass is 10.1. The number of furan rings is 1. The van der Waals surface area contributed by atoms with Gasteiger partial charge in [0.25, 0.3) is 11.5 Å². The standard InChI is InChI=1S/C18H18N4O4/c1-21(11-15(23)19-10-12-6-5-9-26-12)18(25)16-13-7-3-4-8-14(13)17(24)22(2)20-16/h3-9H,10-11H2,1-2H3,(H,19,23). The van der Waals surface area contributed by atoms with Crippen molar-refractivity contribution in [1.82, 2.24) is 20.0 Å². The molecule has 3 rings (SSSR count). The fourth-order valence-corrected chi connectivity index (χ4v) is 2.58. The number of carbonyl (C=O) groups is 2. The molecule has 0 saturated carbocycles. The largest absolute Gasteiger partial charge is 0.467 e. The van der Waals surface area contributed by atoms with E-state index in [1.54, 1.807) is 36.4 Å². The van der Waals surface area contributed by atoms with Crippen molar-refractivity contribution in [2.45, 2.75) is 6.54 Å². The van der Waals surface area contributed by atoms with Crippen LogP contribution in [0.3, 0.4) is 0 Å². The highest BCUT2D eigenvalue weighted by molar-refractivity contribution is 6.05. The molecular weight excluding hydrogens is 336 g/mol. The molecule has 2 amide bonds. The van der Waals surface area contributed by atoms with E-state index in [2.05, 4.69) is 10.4 Å². The van der Waals surface area contributed by atoms with Gasteiger partial charge in [-0.2, -0.15) is 5.10 Å². The van der Waals surface area contributed by atoms with Crippen LogP contribution >= 0.6 is 0 Å². The molecule has 3 aromatic rings. The monoisotopic (exact) mass is 354 g/mol. The van der Waals surface area contributed by atoms with Gasteiger partial charge >= 0.3 is 0 Å². The smallest absolute Gasteiger partial charge is 0.275 e. The van der Waals surface area contributed by atoms with Gasteiger partial charge < -0.3 is 14.6 Å². The van der Waals surface area contributed by atoms with Crippen LogP contribution in [-0.2, 0) is 18.4 Å². The van der Waals surface area contributed by atoms with Crippen molar-refractivity contribution in [2.24, 2.45) is 7.05 Å². The second-order valence-electron chi connectivity index (χ2n) is 5.84. The number of aryl methyl sites for hydroxylation is 1. The Morgan fingerprint density at radius 1 is 1.19 bits per heavy atom. The zero-order valence-electron chi connectivity index (χ0n) is 14.4. The lowest BCUT2D eigenvalue weighted by molar-refractivity contribution is -0.121. The van der Waals surface area contributed by atoms with Gasteiger partial charge in [-0.3, -0.25) is 14.4 Å². The summed E-state index contributed by atoms with van der Waals surface area (Å²) in [5.74, 6) is -0.144.